The summed E-state index contributed by atoms with van der Waals surface area (Å²) >= 11 is 1.55. The molecule has 5 aromatic rings. The van der Waals surface area contributed by atoms with Crippen LogP contribution in [0.4, 0.5) is 0 Å². The summed E-state index contributed by atoms with van der Waals surface area (Å²) in [6.07, 6.45) is 5.29. The molecule has 0 aliphatic carbocycles. The van der Waals surface area contributed by atoms with Gasteiger partial charge in [0.2, 0.25) is 5.89 Å². The Morgan fingerprint density at radius 2 is 1.69 bits per heavy atom. The first-order valence-corrected chi connectivity index (χ1v) is 11.2. The Hall–Kier alpha value is -3.71. The summed E-state index contributed by atoms with van der Waals surface area (Å²) in [5, 5.41) is 9.76. The average molecular weight is 440 g/mol. The summed E-state index contributed by atoms with van der Waals surface area (Å²) in [5.41, 5.74) is 5.45. The van der Waals surface area contributed by atoms with Crippen LogP contribution in [0.25, 0.3) is 28.4 Å². The third-order valence-electron chi connectivity index (χ3n) is 5.26. The first-order valence-electron chi connectivity index (χ1n) is 10.3. The molecular formula is C25H21N5OS. The predicted molar refractivity (Wildman–Crippen MR) is 126 cm³/mol. The maximum absolute atomic E-state index is 5.97. The third-order valence-corrected chi connectivity index (χ3v) is 6.17. The molecule has 3 heterocycles. The van der Waals surface area contributed by atoms with E-state index in [2.05, 4.69) is 56.8 Å². The molecular weight excluding hydrogens is 418 g/mol. The normalized spacial score (nSPS) is 11.1. The Bertz CT molecular complexity index is 1350. The number of aromatic nitrogens is 5. The Kier molecular flexibility index (Phi) is 5.56. The molecule has 0 aliphatic rings. The van der Waals surface area contributed by atoms with Crippen molar-refractivity contribution < 1.29 is 4.42 Å². The van der Waals surface area contributed by atoms with E-state index in [0.717, 1.165) is 33.6 Å². The molecule has 5 rings (SSSR count). The number of hydrogen-bond donors (Lipinski definition) is 0. The van der Waals surface area contributed by atoms with E-state index < -0.39 is 0 Å². The molecule has 3 aromatic heterocycles. The molecule has 0 saturated heterocycles. The summed E-state index contributed by atoms with van der Waals surface area (Å²) < 4.78 is 8.04. The highest BCUT2D eigenvalue weighted by Crippen LogP contribution is 2.31. The second kappa shape index (κ2) is 8.80. The van der Waals surface area contributed by atoms with Crippen molar-refractivity contribution in [3.63, 3.8) is 0 Å². The van der Waals surface area contributed by atoms with Gasteiger partial charge in [0.25, 0.3) is 0 Å². The van der Waals surface area contributed by atoms with Crippen molar-refractivity contribution in [2.45, 2.75) is 24.8 Å². The van der Waals surface area contributed by atoms with E-state index in [-0.39, 0.29) is 0 Å². The molecule has 0 fully saturated rings. The van der Waals surface area contributed by atoms with Crippen molar-refractivity contribution in [3.8, 4) is 28.4 Å². The van der Waals surface area contributed by atoms with Crippen LogP contribution in [0.5, 0.6) is 0 Å². The third kappa shape index (κ3) is 4.07. The number of oxazole rings is 1. The Labute approximate surface area is 190 Å². The van der Waals surface area contributed by atoms with Crippen LogP contribution in [0.2, 0.25) is 0 Å². The van der Waals surface area contributed by atoms with Gasteiger partial charge in [0.05, 0.1) is 17.6 Å². The lowest BCUT2D eigenvalue weighted by atomic mass is 10.1. The van der Waals surface area contributed by atoms with Crippen molar-refractivity contribution >= 4 is 11.8 Å². The number of benzene rings is 2. The van der Waals surface area contributed by atoms with Crippen molar-refractivity contribution in [1.82, 2.24) is 24.7 Å². The van der Waals surface area contributed by atoms with Crippen molar-refractivity contribution in [3.05, 3.63) is 96.3 Å². The first kappa shape index (κ1) is 20.2. The van der Waals surface area contributed by atoms with Gasteiger partial charge < -0.3 is 4.42 Å². The van der Waals surface area contributed by atoms with Gasteiger partial charge in [-0.1, -0.05) is 48.2 Å². The Morgan fingerprint density at radius 3 is 2.47 bits per heavy atom. The lowest BCUT2D eigenvalue weighted by Gasteiger charge is -2.12. The van der Waals surface area contributed by atoms with Gasteiger partial charge in [-0.05, 0) is 49.2 Å². The van der Waals surface area contributed by atoms with Gasteiger partial charge in [-0.15, -0.1) is 10.2 Å². The van der Waals surface area contributed by atoms with Gasteiger partial charge in [-0.3, -0.25) is 9.55 Å². The Balaban J connectivity index is 1.47. The zero-order chi connectivity index (χ0) is 21.9. The molecule has 0 amide bonds. The van der Waals surface area contributed by atoms with E-state index in [1.165, 1.54) is 11.1 Å². The highest BCUT2D eigenvalue weighted by Gasteiger charge is 2.18. The summed E-state index contributed by atoms with van der Waals surface area (Å²) in [6, 6.07) is 20.2. The van der Waals surface area contributed by atoms with Crippen LogP contribution < -0.4 is 0 Å². The molecule has 0 bridgehead atoms. The lowest BCUT2D eigenvalue weighted by molar-refractivity contribution is 0.529. The molecule has 2 aromatic carbocycles. The number of rotatable bonds is 6. The van der Waals surface area contributed by atoms with Gasteiger partial charge >= 0.3 is 0 Å². The average Bonchev–Trinajstić information content (AvgIpc) is 3.48. The van der Waals surface area contributed by atoms with Crippen LogP contribution in [0.1, 0.15) is 17.0 Å². The van der Waals surface area contributed by atoms with Gasteiger partial charge in [0.1, 0.15) is 0 Å². The zero-order valence-electron chi connectivity index (χ0n) is 17.8. The highest BCUT2D eigenvalue weighted by molar-refractivity contribution is 7.98. The fraction of sp³-hybridized carbons (Fsp3) is 0.120. The van der Waals surface area contributed by atoms with E-state index in [9.17, 15) is 0 Å². The summed E-state index contributed by atoms with van der Waals surface area (Å²) in [5.74, 6) is 2.73. The van der Waals surface area contributed by atoms with Gasteiger partial charge in [0, 0.05) is 23.5 Å². The maximum atomic E-state index is 5.97. The molecule has 6 nitrogen and oxygen atoms in total. The SMILES string of the molecule is Cc1ccc(-n2c(SCc3ncc(-c4ccccc4)o3)nnc2-c2ccncc2)cc1C. The van der Waals surface area contributed by atoms with Crippen LogP contribution in [-0.2, 0) is 5.75 Å². The van der Waals surface area contributed by atoms with Crippen LogP contribution in [0, 0.1) is 13.8 Å². The number of pyridine rings is 1. The number of thioether (sulfide) groups is 1. The molecule has 0 spiro atoms. The largest absolute Gasteiger partial charge is 0.440 e. The number of hydrogen-bond acceptors (Lipinski definition) is 6. The molecule has 7 heteroatoms. The zero-order valence-corrected chi connectivity index (χ0v) is 18.6. The minimum absolute atomic E-state index is 0.548. The van der Waals surface area contributed by atoms with Gasteiger partial charge in [0.15, 0.2) is 16.7 Å². The van der Waals surface area contributed by atoms with E-state index in [0.29, 0.717) is 11.6 Å². The minimum atomic E-state index is 0.548. The van der Waals surface area contributed by atoms with E-state index in [1.807, 2.05) is 42.5 Å². The number of aryl methyl sites for hydroxylation is 2. The van der Waals surface area contributed by atoms with Gasteiger partial charge in [-0.25, -0.2) is 4.98 Å². The van der Waals surface area contributed by atoms with E-state index in [4.69, 9.17) is 4.42 Å². The fourth-order valence-electron chi connectivity index (χ4n) is 3.39. The maximum Gasteiger partial charge on any atom is 0.205 e. The quantitative estimate of drug-likeness (QED) is 0.307. The molecule has 0 unspecified atom stereocenters. The molecule has 0 saturated carbocycles. The van der Waals surface area contributed by atoms with Crippen molar-refractivity contribution in [1.29, 1.82) is 0 Å². The standard InChI is InChI=1S/C25H21N5OS/c1-17-8-9-21(14-18(17)2)30-24(20-10-12-26-13-11-20)28-29-25(30)32-16-23-27-15-22(31-23)19-6-4-3-5-7-19/h3-15H,16H2,1-2H3. The summed E-state index contributed by atoms with van der Waals surface area (Å²) in [6.45, 7) is 4.22. The molecule has 0 atom stereocenters. The van der Waals surface area contributed by atoms with Crippen molar-refractivity contribution in [2.75, 3.05) is 0 Å². The van der Waals surface area contributed by atoms with Gasteiger partial charge in [-0.2, -0.15) is 0 Å². The van der Waals surface area contributed by atoms with E-state index in [1.54, 1.807) is 30.4 Å². The topological polar surface area (TPSA) is 69.6 Å². The summed E-state index contributed by atoms with van der Waals surface area (Å²) in [7, 11) is 0. The number of nitrogens with zero attached hydrogens (tertiary/aromatic N) is 5. The second-order valence-corrected chi connectivity index (χ2v) is 8.36. The Morgan fingerprint density at radius 1 is 0.875 bits per heavy atom. The molecule has 158 valence electrons. The van der Waals surface area contributed by atoms with E-state index >= 15 is 0 Å². The lowest BCUT2D eigenvalue weighted by Crippen LogP contribution is -2.01. The first-order chi connectivity index (χ1) is 15.7. The van der Waals surface area contributed by atoms with Crippen LogP contribution in [0.3, 0.4) is 0 Å². The van der Waals surface area contributed by atoms with Crippen LogP contribution in [-0.4, -0.2) is 24.7 Å². The second-order valence-electron chi connectivity index (χ2n) is 7.42. The molecule has 0 radical (unpaired) electrons. The van der Waals surface area contributed by atoms with Crippen LogP contribution >= 0.6 is 11.8 Å². The molecule has 0 N–H and O–H groups in total. The highest BCUT2D eigenvalue weighted by atomic mass is 32.2. The van der Waals surface area contributed by atoms with Crippen molar-refractivity contribution in [2.24, 2.45) is 0 Å². The smallest absolute Gasteiger partial charge is 0.205 e. The van der Waals surface area contributed by atoms with Crippen LogP contribution in [0.15, 0.2) is 88.8 Å². The molecule has 0 aliphatic heterocycles. The minimum Gasteiger partial charge on any atom is -0.440 e. The summed E-state index contributed by atoms with van der Waals surface area (Å²) in [4.78, 5) is 8.57. The predicted octanol–water partition coefficient (Wildman–Crippen LogP) is 5.89. The molecule has 32 heavy (non-hydrogen) atoms. The fourth-order valence-corrected chi connectivity index (χ4v) is 4.19. The monoisotopic (exact) mass is 439 g/mol.